The summed E-state index contributed by atoms with van der Waals surface area (Å²) in [6.45, 7) is 2.14. The number of hydrogen-bond donors (Lipinski definition) is 0. The number of rotatable bonds is 14. The number of anilines is 1. The largest absolute Gasteiger partial charge is 0.471 e. The predicted molar refractivity (Wildman–Crippen MR) is 116 cm³/mol. The summed E-state index contributed by atoms with van der Waals surface area (Å²) in [5.41, 5.74) is 0.249. The van der Waals surface area contributed by atoms with Crippen LogP contribution < -0.4 is 4.90 Å². The van der Waals surface area contributed by atoms with Crippen LogP contribution in [-0.4, -0.2) is 23.9 Å². The number of allylic oxidation sites excluding steroid dienone is 2. The second-order valence-electron chi connectivity index (χ2n) is 7.30. The summed E-state index contributed by atoms with van der Waals surface area (Å²) in [6, 6.07) is 5.22. The Kier molecular flexibility index (Phi) is 12.4. The van der Waals surface area contributed by atoms with Gasteiger partial charge in [-0.05, 0) is 61.5 Å². The van der Waals surface area contributed by atoms with E-state index in [2.05, 4.69) is 13.0 Å². The van der Waals surface area contributed by atoms with Crippen LogP contribution in [0, 0.1) is 0 Å². The van der Waals surface area contributed by atoms with Crippen molar-refractivity contribution in [2.24, 2.45) is 0 Å². The molecule has 0 saturated carbocycles. The lowest BCUT2D eigenvalue weighted by Crippen LogP contribution is -2.41. The first-order valence-corrected chi connectivity index (χ1v) is 11.0. The molecule has 0 fully saturated rings. The zero-order valence-corrected chi connectivity index (χ0v) is 18.3. The highest BCUT2D eigenvalue weighted by atomic mass is 35.5. The van der Waals surface area contributed by atoms with Crippen molar-refractivity contribution in [3.8, 4) is 0 Å². The highest BCUT2D eigenvalue weighted by molar-refractivity contribution is 6.67. The molecule has 3 nitrogen and oxygen atoms in total. The van der Waals surface area contributed by atoms with Gasteiger partial charge in [-0.1, -0.05) is 57.6 Å². The number of halogens is 4. The topological polar surface area (TPSA) is 37.4 Å². The summed E-state index contributed by atoms with van der Waals surface area (Å²) in [5, 5.41) is -0.707. The van der Waals surface area contributed by atoms with Gasteiger partial charge in [0.05, 0.1) is 0 Å². The first-order chi connectivity index (χ1) is 14.3. The van der Waals surface area contributed by atoms with Crippen molar-refractivity contribution < 1.29 is 22.8 Å². The van der Waals surface area contributed by atoms with Crippen LogP contribution in [0.2, 0.25) is 0 Å². The molecule has 0 atom stereocenters. The third-order valence-corrected chi connectivity index (χ3v) is 5.01. The molecule has 1 aromatic carbocycles. The first-order valence-electron chi connectivity index (χ1n) is 10.6. The third-order valence-electron chi connectivity index (χ3n) is 4.79. The molecule has 0 radical (unpaired) electrons. The minimum Gasteiger partial charge on any atom is -0.305 e. The maximum atomic E-state index is 13.0. The van der Waals surface area contributed by atoms with E-state index in [9.17, 15) is 22.8 Å². The Morgan fingerprint density at radius 1 is 0.900 bits per heavy atom. The van der Waals surface area contributed by atoms with Gasteiger partial charge in [0, 0.05) is 17.8 Å². The van der Waals surface area contributed by atoms with E-state index in [4.69, 9.17) is 11.6 Å². The zero-order valence-electron chi connectivity index (χ0n) is 17.5. The molecule has 0 aliphatic carbocycles. The van der Waals surface area contributed by atoms with Crippen molar-refractivity contribution >= 4 is 28.4 Å². The summed E-state index contributed by atoms with van der Waals surface area (Å²) < 4.78 is 38.9. The molecular formula is C23H31ClF3NO2. The normalized spacial score (nSPS) is 11.8. The molecule has 30 heavy (non-hydrogen) atoms. The molecule has 0 aliphatic heterocycles. The SMILES string of the molecule is CCCCCCCCCC=CCCCN(C(=O)C(F)(F)F)c1ccc(C(=O)Cl)cc1. The van der Waals surface area contributed by atoms with Crippen LogP contribution in [0.4, 0.5) is 18.9 Å². The number of amides is 1. The number of unbranched alkanes of at least 4 members (excludes halogenated alkanes) is 8. The quantitative estimate of drug-likeness (QED) is 0.169. The monoisotopic (exact) mass is 445 g/mol. The Hall–Kier alpha value is -1.82. The van der Waals surface area contributed by atoms with Gasteiger partial charge in [0.15, 0.2) is 0 Å². The average Bonchev–Trinajstić information content (AvgIpc) is 2.70. The van der Waals surface area contributed by atoms with Crippen LogP contribution in [0.25, 0.3) is 0 Å². The summed E-state index contributed by atoms with van der Waals surface area (Å²) in [7, 11) is 0. The molecule has 0 unspecified atom stereocenters. The maximum absolute atomic E-state index is 13.0. The predicted octanol–water partition coefficient (Wildman–Crippen LogP) is 7.44. The Morgan fingerprint density at radius 2 is 1.43 bits per heavy atom. The highest BCUT2D eigenvalue weighted by Crippen LogP contribution is 2.25. The second-order valence-corrected chi connectivity index (χ2v) is 7.64. The number of alkyl halides is 3. The van der Waals surface area contributed by atoms with Gasteiger partial charge in [0.1, 0.15) is 0 Å². The summed E-state index contributed by atoms with van der Waals surface area (Å²) in [6.07, 6.45) is 9.70. The summed E-state index contributed by atoms with van der Waals surface area (Å²) in [4.78, 5) is 23.6. The molecule has 1 amide bonds. The third kappa shape index (κ3) is 10.3. The van der Waals surface area contributed by atoms with E-state index in [-0.39, 0.29) is 17.8 Å². The van der Waals surface area contributed by atoms with Crippen LogP contribution in [0.15, 0.2) is 36.4 Å². The van der Waals surface area contributed by atoms with E-state index in [1.165, 1.54) is 62.8 Å². The van der Waals surface area contributed by atoms with E-state index in [1.807, 2.05) is 6.08 Å². The number of benzene rings is 1. The lowest BCUT2D eigenvalue weighted by Gasteiger charge is -2.23. The fourth-order valence-electron chi connectivity index (χ4n) is 3.10. The van der Waals surface area contributed by atoms with E-state index >= 15 is 0 Å². The molecule has 0 N–H and O–H groups in total. The van der Waals surface area contributed by atoms with Crippen LogP contribution >= 0.6 is 11.6 Å². The van der Waals surface area contributed by atoms with Gasteiger partial charge in [0.25, 0.3) is 5.24 Å². The van der Waals surface area contributed by atoms with Gasteiger partial charge >= 0.3 is 12.1 Å². The first kappa shape index (κ1) is 26.2. The van der Waals surface area contributed by atoms with Gasteiger partial charge in [-0.25, -0.2) is 0 Å². The van der Waals surface area contributed by atoms with Crippen molar-refractivity contribution in [1.29, 1.82) is 0 Å². The molecule has 0 heterocycles. The Morgan fingerprint density at radius 3 is 1.97 bits per heavy atom. The van der Waals surface area contributed by atoms with Crippen LogP contribution in [0.1, 0.15) is 81.5 Å². The van der Waals surface area contributed by atoms with Crippen molar-refractivity contribution in [1.82, 2.24) is 0 Å². The molecule has 0 aromatic heterocycles. The minimum absolute atomic E-state index is 0.0612. The van der Waals surface area contributed by atoms with E-state index in [1.54, 1.807) is 0 Å². The van der Waals surface area contributed by atoms with Gasteiger partial charge < -0.3 is 4.90 Å². The maximum Gasteiger partial charge on any atom is 0.471 e. The molecule has 0 bridgehead atoms. The summed E-state index contributed by atoms with van der Waals surface area (Å²) >= 11 is 5.36. The molecule has 1 rings (SSSR count). The Bertz CT molecular complexity index is 672. The Balaban J connectivity index is 2.46. The van der Waals surface area contributed by atoms with Gasteiger partial charge in [-0.15, -0.1) is 0 Å². The van der Waals surface area contributed by atoms with Crippen LogP contribution in [-0.2, 0) is 4.79 Å². The summed E-state index contributed by atoms with van der Waals surface area (Å²) in [5.74, 6) is -1.92. The molecule has 7 heteroatoms. The minimum atomic E-state index is -4.96. The average molecular weight is 446 g/mol. The standard InChI is InChI=1S/C23H31ClF3NO2/c1-2-3-4-5-6-7-8-9-10-11-12-13-18-28(22(30)23(25,26)27)20-16-14-19(15-17-20)21(24)29/h10-11,14-17H,2-9,12-13,18H2,1H3. The molecule has 168 valence electrons. The lowest BCUT2D eigenvalue weighted by atomic mass is 10.1. The smallest absolute Gasteiger partial charge is 0.305 e. The second kappa shape index (κ2) is 14.2. The highest BCUT2D eigenvalue weighted by Gasteiger charge is 2.42. The molecular weight excluding hydrogens is 415 g/mol. The number of carbonyl (C=O) groups excluding carboxylic acids is 2. The number of carbonyl (C=O) groups is 2. The lowest BCUT2D eigenvalue weighted by molar-refractivity contribution is -0.170. The van der Waals surface area contributed by atoms with E-state index in [0.29, 0.717) is 17.7 Å². The van der Waals surface area contributed by atoms with Crippen LogP contribution in [0.3, 0.4) is 0 Å². The zero-order chi connectivity index (χ0) is 22.4. The van der Waals surface area contributed by atoms with Crippen molar-refractivity contribution in [2.45, 2.75) is 77.3 Å². The molecule has 0 aliphatic rings. The van der Waals surface area contributed by atoms with Gasteiger partial charge in [-0.2, -0.15) is 13.2 Å². The van der Waals surface area contributed by atoms with Crippen LogP contribution in [0.5, 0.6) is 0 Å². The van der Waals surface area contributed by atoms with Gasteiger partial charge in [0.2, 0.25) is 0 Å². The van der Waals surface area contributed by atoms with Crippen molar-refractivity contribution in [3.63, 3.8) is 0 Å². The van der Waals surface area contributed by atoms with E-state index in [0.717, 1.165) is 12.8 Å². The Labute approximate surface area is 182 Å². The molecule has 0 spiro atoms. The van der Waals surface area contributed by atoms with Crippen molar-refractivity contribution in [2.75, 3.05) is 11.4 Å². The fourth-order valence-corrected chi connectivity index (χ4v) is 3.22. The van der Waals surface area contributed by atoms with E-state index < -0.39 is 17.3 Å². The number of nitrogens with zero attached hydrogens (tertiary/aromatic N) is 1. The number of hydrogen-bond acceptors (Lipinski definition) is 2. The molecule has 1 aromatic rings. The van der Waals surface area contributed by atoms with Crippen molar-refractivity contribution in [3.05, 3.63) is 42.0 Å². The fraction of sp³-hybridized carbons (Fsp3) is 0.565. The van der Waals surface area contributed by atoms with Gasteiger partial charge in [-0.3, -0.25) is 9.59 Å². The molecule has 0 saturated heterocycles.